The van der Waals surface area contributed by atoms with Crippen molar-refractivity contribution < 1.29 is 9.72 Å². The number of fused-ring (bicyclic) bond motifs is 1. The molecule has 1 heterocycles. The summed E-state index contributed by atoms with van der Waals surface area (Å²) in [5.74, 6) is -0.0359. The minimum absolute atomic E-state index is 0.0864. The molecule has 8 heteroatoms. The van der Waals surface area contributed by atoms with Gasteiger partial charge in [0.05, 0.1) is 16.0 Å². The van der Waals surface area contributed by atoms with E-state index in [1.165, 1.54) is 18.2 Å². The van der Waals surface area contributed by atoms with E-state index in [4.69, 9.17) is 5.73 Å². The molecule has 8 nitrogen and oxygen atoms in total. The molecule has 4 N–H and O–H groups in total. The van der Waals surface area contributed by atoms with Crippen LogP contribution in [0.2, 0.25) is 0 Å². The van der Waals surface area contributed by atoms with Gasteiger partial charge in [-0.3, -0.25) is 20.0 Å². The van der Waals surface area contributed by atoms with Gasteiger partial charge in [0.25, 0.3) is 11.6 Å². The van der Waals surface area contributed by atoms with Gasteiger partial charge in [-0.1, -0.05) is 13.8 Å². The molecular weight excluding hydrogens is 298 g/mol. The number of nitrogens with two attached hydrogens (primary N) is 1. The molecule has 1 unspecified atom stereocenters. The molecule has 0 aliphatic heterocycles. The van der Waals surface area contributed by atoms with Crippen LogP contribution in [0.3, 0.4) is 0 Å². The van der Waals surface area contributed by atoms with Gasteiger partial charge in [-0.05, 0) is 25.3 Å². The van der Waals surface area contributed by atoms with Gasteiger partial charge in [-0.25, -0.2) is 0 Å². The molecule has 0 aliphatic carbocycles. The van der Waals surface area contributed by atoms with Crippen LogP contribution in [0.25, 0.3) is 10.9 Å². The van der Waals surface area contributed by atoms with Crippen molar-refractivity contribution in [2.75, 3.05) is 6.54 Å². The smallest absolute Gasteiger partial charge is 0.272 e. The maximum atomic E-state index is 12.5. The number of hydrogen-bond acceptors (Lipinski definition) is 5. The summed E-state index contributed by atoms with van der Waals surface area (Å²) in [5.41, 5.74) is 5.86. The van der Waals surface area contributed by atoms with Gasteiger partial charge in [-0.15, -0.1) is 0 Å². The lowest BCUT2D eigenvalue weighted by atomic mass is 9.90. The summed E-state index contributed by atoms with van der Waals surface area (Å²) >= 11 is 0. The molecule has 23 heavy (non-hydrogen) atoms. The first-order chi connectivity index (χ1) is 10.8. The van der Waals surface area contributed by atoms with Gasteiger partial charge in [0, 0.05) is 24.1 Å². The fourth-order valence-electron chi connectivity index (χ4n) is 2.71. The van der Waals surface area contributed by atoms with Gasteiger partial charge in [0.1, 0.15) is 0 Å². The molecule has 124 valence electrons. The molecular formula is C15H21N5O3. The lowest BCUT2D eigenvalue weighted by molar-refractivity contribution is -0.384. The Morgan fingerprint density at radius 3 is 2.78 bits per heavy atom. The van der Waals surface area contributed by atoms with Crippen LogP contribution in [0, 0.1) is 16.0 Å². The first-order valence-electron chi connectivity index (χ1n) is 7.41. The van der Waals surface area contributed by atoms with Crippen molar-refractivity contribution in [2.45, 2.75) is 32.7 Å². The lowest BCUT2D eigenvalue weighted by Gasteiger charge is -2.30. The number of hydrogen-bond donors (Lipinski definition) is 3. The van der Waals surface area contributed by atoms with Crippen LogP contribution < -0.4 is 11.1 Å². The van der Waals surface area contributed by atoms with Crippen LogP contribution >= 0.6 is 0 Å². The summed E-state index contributed by atoms with van der Waals surface area (Å²) in [6.07, 6.45) is 0.720. The molecule has 0 saturated heterocycles. The fraction of sp³-hybridized carbons (Fsp3) is 0.467. The number of aromatic amines is 1. The fourth-order valence-corrected chi connectivity index (χ4v) is 2.71. The minimum atomic E-state index is -0.558. The number of benzene rings is 1. The lowest BCUT2D eigenvalue weighted by Crippen LogP contribution is -2.52. The van der Waals surface area contributed by atoms with E-state index >= 15 is 0 Å². The molecule has 1 atom stereocenters. The number of rotatable bonds is 6. The van der Waals surface area contributed by atoms with Gasteiger partial charge in [0.2, 0.25) is 0 Å². The first-order valence-corrected chi connectivity index (χ1v) is 7.41. The van der Waals surface area contributed by atoms with Crippen molar-refractivity contribution in [3.8, 4) is 0 Å². The molecule has 2 rings (SSSR count). The summed E-state index contributed by atoms with van der Waals surface area (Å²) in [6.45, 7) is 6.27. The predicted octanol–water partition coefficient (Wildman–Crippen LogP) is 1.96. The monoisotopic (exact) mass is 319 g/mol. The molecule has 1 amide bonds. The number of nitrogens with one attached hydrogen (secondary N) is 2. The van der Waals surface area contributed by atoms with Crippen LogP contribution in [0.5, 0.6) is 0 Å². The molecule has 1 aromatic carbocycles. The summed E-state index contributed by atoms with van der Waals surface area (Å²) in [4.78, 5) is 22.9. The van der Waals surface area contributed by atoms with Crippen LogP contribution in [-0.2, 0) is 0 Å². The molecule has 0 aliphatic rings. The topological polar surface area (TPSA) is 127 Å². The molecule has 0 radical (unpaired) electrons. The highest BCUT2D eigenvalue weighted by Gasteiger charge is 2.28. The van der Waals surface area contributed by atoms with Gasteiger partial charge >= 0.3 is 0 Å². The second kappa shape index (κ2) is 6.33. The third-order valence-electron chi connectivity index (χ3n) is 3.70. The summed E-state index contributed by atoms with van der Waals surface area (Å²) in [6, 6.07) is 4.24. The Hall–Kier alpha value is -2.48. The van der Waals surface area contributed by atoms with E-state index in [2.05, 4.69) is 15.5 Å². The summed E-state index contributed by atoms with van der Waals surface area (Å²) in [7, 11) is 0. The Balaban J connectivity index is 2.34. The number of nitro benzene ring substituents is 1. The van der Waals surface area contributed by atoms with Crippen LogP contribution in [0.1, 0.15) is 37.7 Å². The largest absolute Gasteiger partial charge is 0.344 e. The van der Waals surface area contributed by atoms with Crippen molar-refractivity contribution in [3.63, 3.8) is 0 Å². The quantitative estimate of drug-likeness (QED) is 0.554. The Labute approximate surface area is 133 Å². The number of carbonyl (C=O) groups is 1. The van der Waals surface area contributed by atoms with Crippen molar-refractivity contribution in [2.24, 2.45) is 11.7 Å². The molecule has 0 bridgehead atoms. The Morgan fingerprint density at radius 2 is 2.22 bits per heavy atom. The SMILES string of the molecule is CC(C)CC(C)(CN)NC(=O)c1n[nH]c2ccc([N+](=O)[O-])cc12. The summed E-state index contributed by atoms with van der Waals surface area (Å²) < 4.78 is 0. The van der Waals surface area contributed by atoms with Crippen molar-refractivity contribution in [3.05, 3.63) is 34.0 Å². The number of non-ortho nitro benzene ring substituents is 1. The second-order valence-electron chi connectivity index (χ2n) is 6.38. The predicted molar refractivity (Wildman–Crippen MR) is 87.1 cm³/mol. The van der Waals surface area contributed by atoms with Crippen molar-refractivity contribution >= 4 is 22.5 Å². The van der Waals surface area contributed by atoms with Crippen LogP contribution in [0.4, 0.5) is 5.69 Å². The highest BCUT2D eigenvalue weighted by Crippen LogP contribution is 2.23. The van der Waals surface area contributed by atoms with E-state index < -0.39 is 16.4 Å². The minimum Gasteiger partial charge on any atom is -0.344 e. The van der Waals surface area contributed by atoms with E-state index in [0.717, 1.165) is 6.42 Å². The zero-order valence-electron chi connectivity index (χ0n) is 13.4. The third-order valence-corrected chi connectivity index (χ3v) is 3.70. The van der Waals surface area contributed by atoms with E-state index in [0.29, 0.717) is 23.4 Å². The number of nitrogens with zero attached hydrogens (tertiary/aromatic N) is 2. The Morgan fingerprint density at radius 1 is 1.52 bits per heavy atom. The second-order valence-corrected chi connectivity index (χ2v) is 6.38. The number of amides is 1. The zero-order valence-corrected chi connectivity index (χ0v) is 13.4. The Kier molecular flexibility index (Phi) is 4.65. The Bertz CT molecular complexity index is 740. The first kappa shape index (κ1) is 16.9. The zero-order chi connectivity index (χ0) is 17.2. The molecule has 2 aromatic rings. The number of aromatic nitrogens is 2. The normalized spacial score (nSPS) is 14.0. The summed E-state index contributed by atoms with van der Waals surface area (Å²) in [5, 5.41) is 20.9. The molecule has 0 saturated carbocycles. The third kappa shape index (κ3) is 3.65. The molecule has 0 spiro atoms. The van der Waals surface area contributed by atoms with Crippen molar-refractivity contribution in [1.29, 1.82) is 0 Å². The standard InChI is InChI=1S/C15H21N5O3/c1-9(2)7-15(3,8-16)17-14(21)13-11-6-10(20(22)23)4-5-12(11)18-19-13/h4-6,9H,7-8,16H2,1-3H3,(H,17,21)(H,18,19). The van der Waals surface area contributed by atoms with Gasteiger partial charge in [-0.2, -0.15) is 5.10 Å². The van der Waals surface area contributed by atoms with Crippen molar-refractivity contribution in [1.82, 2.24) is 15.5 Å². The van der Waals surface area contributed by atoms with Gasteiger partial charge in [0.15, 0.2) is 5.69 Å². The highest BCUT2D eigenvalue weighted by atomic mass is 16.6. The van der Waals surface area contributed by atoms with E-state index in [-0.39, 0.29) is 11.4 Å². The number of H-pyrrole nitrogens is 1. The highest BCUT2D eigenvalue weighted by molar-refractivity contribution is 6.05. The van der Waals surface area contributed by atoms with E-state index in [1.54, 1.807) is 0 Å². The maximum absolute atomic E-state index is 12.5. The van der Waals surface area contributed by atoms with E-state index in [9.17, 15) is 14.9 Å². The van der Waals surface area contributed by atoms with Crippen LogP contribution in [0.15, 0.2) is 18.2 Å². The average Bonchev–Trinajstić information content (AvgIpc) is 2.89. The number of carbonyl (C=O) groups excluding carboxylic acids is 1. The molecule has 0 fully saturated rings. The number of nitro groups is 1. The van der Waals surface area contributed by atoms with E-state index in [1.807, 2.05) is 20.8 Å². The average molecular weight is 319 g/mol. The maximum Gasteiger partial charge on any atom is 0.272 e. The van der Waals surface area contributed by atoms with Crippen LogP contribution in [-0.4, -0.2) is 33.1 Å². The van der Waals surface area contributed by atoms with Gasteiger partial charge < -0.3 is 11.1 Å². The molecule has 1 aromatic heterocycles.